The van der Waals surface area contributed by atoms with Gasteiger partial charge in [0.1, 0.15) is 0 Å². The quantitative estimate of drug-likeness (QED) is 0.531. The number of allylic oxidation sites excluding steroid dienone is 3. The Morgan fingerprint density at radius 2 is 0.941 bits per heavy atom. The molecular weight excluding hydrogens is 267 g/mol. The van der Waals surface area contributed by atoms with Gasteiger partial charge in [0.2, 0.25) is 0 Å². The summed E-state index contributed by atoms with van der Waals surface area (Å²) in [5.41, 5.74) is 0. The van der Waals surface area contributed by atoms with Crippen molar-refractivity contribution in [1.82, 2.24) is 0 Å². The summed E-state index contributed by atoms with van der Waals surface area (Å²) in [7, 11) is 0. The minimum atomic E-state index is -6.14. The van der Waals surface area contributed by atoms with E-state index in [2.05, 4.69) is 6.58 Å². The van der Waals surface area contributed by atoms with Gasteiger partial charge in [0.15, 0.2) is 0 Å². The second kappa shape index (κ2) is 4.26. The molecule has 0 unspecified atom stereocenters. The van der Waals surface area contributed by atoms with Crippen LogP contribution in [0.2, 0.25) is 0 Å². The van der Waals surface area contributed by atoms with Gasteiger partial charge < -0.3 is 0 Å². The zero-order valence-corrected chi connectivity index (χ0v) is 7.84. The van der Waals surface area contributed by atoms with E-state index in [-0.39, 0.29) is 0 Å². The van der Waals surface area contributed by atoms with Crippen LogP contribution < -0.4 is 0 Å². The Labute approximate surface area is 89.4 Å². The number of rotatable bonds is 4. The SMILES string of the molecule is C=CC(F)(F)C(F)(F)/C=C/C(F)(F)C(F)(F)F. The standard InChI is InChI=1S/C8H5F9/c1-2-5(9,10)6(11,12)3-4-7(13,14)8(15,16)17/h2-4H,1H2/b4-3+. The number of hydrogen-bond acceptors (Lipinski definition) is 0. The summed E-state index contributed by atoms with van der Waals surface area (Å²) >= 11 is 0. The Hall–Kier alpha value is -1.15. The van der Waals surface area contributed by atoms with Crippen molar-refractivity contribution in [3.8, 4) is 0 Å². The number of halogens is 9. The van der Waals surface area contributed by atoms with Gasteiger partial charge in [0.25, 0.3) is 0 Å². The van der Waals surface area contributed by atoms with Gasteiger partial charge in [-0.05, 0) is 18.2 Å². The van der Waals surface area contributed by atoms with Gasteiger partial charge in [-0.1, -0.05) is 6.58 Å². The van der Waals surface area contributed by atoms with Crippen molar-refractivity contribution in [1.29, 1.82) is 0 Å². The zero-order valence-electron chi connectivity index (χ0n) is 7.84. The minimum absolute atomic E-state index is 0.553. The van der Waals surface area contributed by atoms with E-state index in [4.69, 9.17) is 0 Å². The highest BCUT2D eigenvalue weighted by Gasteiger charge is 2.58. The van der Waals surface area contributed by atoms with Crippen molar-refractivity contribution in [2.75, 3.05) is 0 Å². The molecule has 0 N–H and O–H groups in total. The molecule has 0 nitrogen and oxygen atoms in total. The lowest BCUT2D eigenvalue weighted by molar-refractivity contribution is -0.260. The highest BCUT2D eigenvalue weighted by molar-refractivity contribution is 5.13. The van der Waals surface area contributed by atoms with Gasteiger partial charge in [-0.3, -0.25) is 0 Å². The highest BCUT2D eigenvalue weighted by Crippen LogP contribution is 2.40. The smallest absolute Gasteiger partial charge is 0.195 e. The molecule has 100 valence electrons. The molecule has 0 atom stereocenters. The van der Waals surface area contributed by atoms with Gasteiger partial charge in [0, 0.05) is 0 Å². The van der Waals surface area contributed by atoms with E-state index in [0.29, 0.717) is 0 Å². The molecule has 0 aliphatic rings. The molecule has 0 aromatic heterocycles. The Kier molecular flexibility index (Phi) is 3.97. The fourth-order valence-electron chi connectivity index (χ4n) is 0.551. The van der Waals surface area contributed by atoms with Gasteiger partial charge in [-0.25, -0.2) is 0 Å². The molecule has 0 aromatic rings. The summed E-state index contributed by atoms with van der Waals surface area (Å²) in [6.45, 7) is 2.32. The van der Waals surface area contributed by atoms with Crippen LogP contribution in [-0.2, 0) is 0 Å². The first kappa shape index (κ1) is 15.9. The van der Waals surface area contributed by atoms with Crippen LogP contribution in [0.15, 0.2) is 24.8 Å². The lowest BCUT2D eigenvalue weighted by Crippen LogP contribution is -2.39. The second-order valence-electron chi connectivity index (χ2n) is 2.90. The molecule has 0 fully saturated rings. The van der Waals surface area contributed by atoms with Gasteiger partial charge in [0.05, 0.1) is 0 Å². The summed E-state index contributed by atoms with van der Waals surface area (Å²) in [5.74, 6) is -15.7. The van der Waals surface area contributed by atoms with Crippen molar-refractivity contribution in [3.63, 3.8) is 0 Å². The van der Waals surface area contributed by atoms with Gasteiger partial charge in [-0.2, -0.15) is 39.5 Å². The van der Waals surface area contributed by atoms with E-state index in [9.17, 15) is 39.5 Å². The predicted octanol–water partition coefficient (Wildman–Crippen LogP) is 4.20. The van der Waals surface area contributed by atoms with Crippen LogP contribution in [0.3, 0.4) is 0 Å². The van der Waals surface area contributed by atoms with Crippen molar-refractivity contribution >= 4 is 0 Å². The fraction of sp³-hybridized carbons (Fsp3) is 0.500. The molecule has 0 amide bonds. The maximum atomic E-state index is 12.5. The van der Waals surface area contributed by atoms with E-state index < -0.39 is 42.2 Å². The van der Waals surface area contributed by atoms with Crippen LogP contribution in [0.1, 0.15) is 0 Å². The first-order valence-electron chi connectivity index (χ1n) is 3.81. The topological polar surface area (TPSA) is 0 Å². The average Bonchev–Trinajstić information content (AvgIpc) is 2.13. The fourth-order valence-corrected chi connectivity index (χ4v) is 0.551. The first-order chi connectivity index (χ1) is 7.27. The van der Waals surface area contributed by atoms with Crippen LogP contribution in [0, 0.1) is 0 Å². The maximum absolute atomic E-state index is 12.5. The Bertz CT molecular complexity index is 309. The molecule has 0 spiro atoms. The summed E-state index contributed by atoms with van der Waals surface area (Å²) in [4.78, 5) is 0. The minimum Gasteiger partial charge on any atom is -0.195 e. The van der Waals surface area contributed by atoms with E-state index >= 15 is 0 Å². The normalized spacial score (nSPS) is 15.4. The predicted molar refractivity (Wildman–Crippen MR) is 40.2 cm³/mol. The largest absolute Gasteiger partial charge is 0.457 e. The molecule has 0 saturated carbocycles. The number of alkyl halides is 9. The van der Waals surface area contributed by atoms with E-state index in [1.165, 1.54) is 0 Å². The first-order valence-corrected chi connectivity index (χ1v) is 3.81. The van der Waals surface area contributed by atoms with Crippen LogP contribution in [-0.4, -0.2) is 23.9 Å². The Balaban J connectivity index is 5.16. The molecule has 0 heterocycles. The van der Waals surface area contributed by atoms with Gasteiger partial charge in [-0.15, -0.1) is 0 Å². The Morgan fingerprint density at radius 3 is 1.24 bits per heavy atom. The lowest BCUT2D eigenvalue weighted by atomic mass is 10.1. The van der Waals surface area contributed by atoms with Gasteiger partial charge >= 0.3 is 23.9 Å². The van der Waals surface area contributed by atoms with E-state index in [1.807, 2.05) is 0 Å². The average molecular weight is 272 g/mol. The third-order valence-electron chi connectivity index (χ3n) is 1.58. The molecule has 0 bridgehead atoms. The molecule has 0 aliphatic carbocycles. The van der Waals surface area contributed by atoms with Crippen LogP contribution in [0.25, 0.3) is 0 Å². The molecule has 9 heteroatoms. The molecule has 0 rings (SSSR count). The molecule has 0 aromatic carbocycles. The van der Waals surface area contributed by atoms with Crippen LogP contribution in [0.5, 0.6) is 0 Å². The molecule has 0 radical (unpaired) electrons. The Morgan fingerprint density at radius 1 is 0.588 bits per heavy atom. The monoisotopic (exact) mass is 272 g/mol. The van der Waals surface area contributed by atoms with Crippen LogP contribution in [0.4, 0.5) is 39.5 Å². The molecular formula is C8H5F9. The van der Waals surface area contributed by atoms with Crippen molar-refractivity contribution in [3.05, 3.63) is 24.8 Å². The molecule has 17 heavy (non-hydrogen) atoms. The maximum Gasteiger partial charge on any atom is 0.457 e. The molecule has 0 saturated heterocycles. The lowest BCUT2D eigenvalue weighted by Gasteiger charge is -2.21. The van der Waals surface area contributed by atoms with Crippen molar-refractivity contribution in [2.45, 2.75) is 23.9 Å². The summed E-state index contributed by atoms with van der Waals surface area (Å²) in [6, 6.07) is 0. The van der Waals surface area contributed by atoms with Crippen molar-refractivity contribution < 1.29 is 39.5 Å². The van der Waals surface area contributed by atoms with E-state index in [1.54, 1.807) is 0 Å². The van der Waals surface area contributed by atoms with E-state index in [0.717, 1.165) is 0 Å². The van der Waals surface area contributed by atoms with Crippen LogP contribution >= 0.6 is 0 Å². The van der Waals surface area contributed by atoms with Crippen molar-refractivity contribution in [2.24, 2.45) is 0 Å². The third kappa shape index (κ3) is 3.40. The molecule has 0 aliphatic heterocycles. The summed E-state index contributed by atoms with van der Waals surface area (Å²) in [6.07, 6.45) is -9.20. The zero-order chi connectivity index (χ0) is 14.1. The summed E-state index contributed by atoms with van der Waals surface area (Å²) < 4.78 is 109. The third-order valence-corrected chi connectivity index (χ3v) is 1.58. The number of hydrogen-bond donors (Lipinski definition) is 0. The highest BCUT2D eigenvalue weighted by atomic mass is 19.4. The second-order valence-corrected chi connectivity index (χ2v) is 2.90. The summed E-state index contributed by atoms with van der Waals surface area (Å²) in [5, 5.41) is 0.